The molecule has 0 aliphatic carbocycles. The summed E-state index contributed by atoms with van der Waals surface area (Å²) in [5.41, 5.74) is 19.7. The first-order valence-electron chi connectivity index (χ1n) is 8.25. The molecule has 136 valence electrons. The van der Waals surface area contributed by atoms with E-state index in [0.717, 1.165) is 11.1 Å². The largest absolute Gasteiger partial charge is 0.290 e. The zero-order valence-corrected chi connectivity index (χ0v) is 14.8. The molecule has 0 spiro atoms. The monoisotopic (exact) mass is 368 g/mol. The van der Waals surface area contributed by atoms with Crippen molar-refractivity contribution in [3.63, 3.8) is 0 Å². The minimum atomic E-state index is -0.133. The van der Waals surface area contributed by atoms with E-state index in [0.29, 0.717) is 11.4 Å². The van der Waals surface area contributed by atoms with Crippen molar-refractivity contribution in [3.05, 3.63) is 117 Å². The van der Waals surface area contributed by atoms with Gasteiger partial charge in [-0.25, -0.2) is 0 Å². The summed E-state index contributed by atoms with van der Waals surface area (Å²) in [4.78, 5) is 17.2. The Balaban J connectivity index is 1.83. The second-order valence-corrected chi connectivity index (χ2v) is 5.40. The quantitative estimate of drug-likeness (QED) is 0.161. The van der Waals surface area contributed by atoms with Crippen molar-refractivity contribution in [2.24, 2.45) is 10.2 Å². The first-order valence-corrected chi connectivity index (χ1v) is 8.25. The van der Waals surface area contributed by atoms with E-state index in [4.69, 9.17) is 11.1 Å². The maximum Gasteiger partial charge on any atom is 0.178 e. The molecule has 0 unspecified atom stereocenters. The number of rotatable bonds is 8. The van der Waals surface area contributed by atoms with Gasteiger partial charge in [0.05, 0.1) is 0 Å². The molecule has 0 bridgehead atoms. The molecular weight excluding hydrogens is 352 g/mol. The maximum absolute atomic E-state index is 11.8. The number of hydrogen-bond acceptors (Lipinski definition) is 3. The summed E-state index contributed by atoms with van der Waals surface area (Å²) in [6.07, 6.45) is 13.4. The zero-order valence-electron chi connectivity index (χ0n) is 14.8. The molecular formula is C21H16N6O. The highest BCUT2D eigenvalue weighted by Gasteiger charge is 1.90. The fourth-order valence-corrected chi connectivity index (χ4v) is 2.10. The Morgan fingerprint density at radius 1 is 0.679 bits per heavy atom. The topological polar surface area (TPSA) is 115 Å². The summed E-state index contributed by atoms with van der Waals surface area (Å²) < 4.78 is 0. The standard InChI is InChI=1S/C21H16N6O/c22-26-24-19-13-9-17(10-14-19)5-1-3-7-21(28)8-4-2-6-18-11-15-20(16-12-18)25-27-23/h1-16H/b5-1+,6-2+,7-3+,8-4+. The molecule has 0 heterocycles. The van der Waals surface area contributed by atoms with Gasteiger partial charge in [0, 0.05) is 21.2 Å². The maximum atomic E-state index is 11.8. The molecule has 0 N–H and O–H groups in total. The van der Waals surface area contributed by atoms with E-state index in [9.17, 15) is 4.79 Å². The molecule has 0 saturated heterocycles. The van der Waals surface area contributed by atoms with Gasteiger partial charge in [-0.2, -0.15) is 0 Å². The van der Waals surface area contributed by atoms with Gasteiger partial charge in [0.1, 0.15) is 0 Å². The van der Waals surface area contributed by atoms with Crippen LogP contribution in [0.2, 0.25) is 0 Å². The summed E-state index contributed by atoms with van der Waals surface area (Å²) in [6.45, 7) is 0. The molecule has 28 heavy (non-hydrogen) atoms. The Bertz CT molecular complexity index is 934. The van der Waals surface area contributed by atoms with Crippen LogP contribution in [0.5, 0.6) is 0 Å². The van der Waals surface area contributed by atoms with Gasteiger partial charge < -0.3 is 0 Å². The average Bonchev–Trinajstić information content (AvgIpc) is 2.71. The summed E-state index contributed by atoms with van der Waals surface area (Å²) >= 11 is 0. The minimum absolute atomic E-state index is 0.133. The predicted molar refractivity (Wildman–Crippen MR) is 112 cm³/mol. The molecule has 0 amide bonds. The van der Waals surface area contributed by atoms with E-state index in [1.54, 1.807) is 48.6 Å². The van der Waals surface area contributed by atoms with Gasteiger partial charge in [-0.3, -0.25) is 4.79 Å². The molecule has 2 aromatic rings. The number of carbonyl (C=O) groups excluding carboxylic acids is 1. The van der Waals surface area contributed by atoms with Gasteiger partial charge in [-0.05, 0) is 34.3 Å². The Morgan fingerprint density at radius 2 is 1.07 bits per heavy atom. The number of carbonyl (C=O) groups is 1. The molecule has 0 fully saturated rings. The van der Waals surface area contributed by atoms with E-state index >= 15 is 0 Å². The van der Waals surface area contributed by atoms with Crippen molar-refractivity contribution < 1.29 is 4.79 Å². The van der Waals surface area contributed by atoms with Crippen molar-refractivity contribution in [1.82, 2.24) is 0 Å². The SMILES string of the molecule is [N-]=[N+]=Nc1ccc(/C=C/C=C/C(=O)/C=C/C=C/c2ccc(N=[N+]=[N-])cc2)cc1. The van der Waals surface area contributed by atoms with Crippen LogP contribution >= 0.6 is 0 Å². The number of allylic oxidation sites excluding steroid dienone is 6. The highest BCUT2D eigenvalue weighted by molar-refractivity contribution is 5.99. The normalized spacial score (nSPS) is 11.1. The van der Waals surface area contributed by atoms with Crippen LogP contribution in [0.15, 0.2) is 95.2 Å². The van der Waals surface area contributed by atoms with Crippen molar-refractivity contribution in [3.8, 4) is 0 Å². The summed E-state index contributed by atoms with van der Waals surface area (Å²) in [5, 5.41) is 7.00. The Morgan fingerprint density at radius 3 is 1.43 bits per heavy atom. The van der Waals surface area contributed by atoms with Crippen LogP contribution in [0.3, 0.4) is 0 Å². The minimum Gasteiger partial charge on any atom is -0.290 e. The Labute approximate surface area is 161 Å². The lowest BCUT2D eigenvalue weighted by molar-refractivity contribution is -0.110. The molecule has 2 rings (SSSR count). The van der Waals surface area contributed by atoms with Crippen molar-refractivity contribution in [2.45, 2.75) is 0 Å². The zero-order chi connectivity index (χ0) is 20.0. The Kier molecular flexibility index (Phi) is 8.10. The van der Waals surface area contributed by atoms with Crippen LogP contribution in [0.1, 0.15) is 11.1 Å². The average molecular weight is 368 g/mol. The van der Waals surface area contributed by atoms with Gasteiger partial charge in [-0.15, -0.1) is 0 Å². The van der Waals surface area contributed by atoms with Crippen LogP contribution in [-0.2, 0) is 4.79 Å². The molecule has 0 aliphatic heterocycles. The molecule has 0 aromatic heterocycles. The van der Waals surface area contributed by atoms with Crippen molar-refractivity contribution in [1.29, 1.82) is 0 Å². The lowest BCUT2D eigenvalue weighted by Crippen LogP contribution is -1.82. The Hall–Kier alpha value is -4.31. The van der Waals surface area contributed by atoms with Crippen LogP contribution in [0, 0.1) is 0 Å². The lowest BCUT2D eigenvalue weighted by Gasteiger charge is -1.93. The highest BCUT2D eigenvalue weighted by Crippen LogP contribution is 2.14. The van der Waals surface area contributed by atoms with E-state index in [-0.39, 0.29) is 5.78 Å². The third-order valence-corrected chi connectivity index (χ3v) is 3.43. The molecule has 2 aromatic carbocycles. The predicted octanol–water partition coefficient (Wildman–Crippen LogP) is 6.98. The van der Waals surface area contributed by atoms with Crippen molar-refractivity contribution >= 4 is 29.3 Å². The first-order chi connectivity index (χ1) is 13.7. The summed E-state index contributed by atoms with van der Waals surface area (Å²) in [5.74, 6) is -0.133. The van der Waals surface area contributed by atoms with E-state index in [1.165, 1.54) is 12.2 Å². The van der Waals surface area contributed by atoms with E-state index in [1.807, 2.05) is 36.4 Å². The van der Waals surface area contributed by atoms with Gasteiger partial charge >= 0.3 is 0 Å². The number of benzene rings is 2. The highest BCUT2D eigenvalue weighted by atomic mass is 16.1. The van der Waals surface area contributed by atoms with Gasteiger partial charge in [0.2, 0.25) is 0 Å². The number of azide groups is 2. The molecule has 0 radical (unpaired) electrons. The lowest BCUT2D eigenvalue weighted by atomic mass is 10.2. The fraction of sp³-hybridized carbons (Fsp3) is 0. The molecule has 0 aliphatic rings. The third kappa shape index (κ3) is 7.29. The van der Waals surface area contributed by atoms with Gasteiger partial charge in [0.15, 0.2) is 5.78 Å². The van der Waals surface area contributed by atoms with Crippen LogP contribution in [-0.4, -0.2) is 5.78 Å². The van der Waals surface area contributed by atoms with Gasteiger partial charge in [-0.1, -0.05) is 95.2 Å². The van der Waals surface area contributed by atoms with E-state index < -0.39 is 0 Å². The molecule has 7 nitrogen and oxygen atoms in total. The number of ketones is 1. The fourth-order valence-electron chi connectivity index (χ4n) is 2.10. The van der Waals surface area contributed by atoms with E-state index in [2.05, 4.69) is 20.1 Å². The summed E-state index contributed by atoms with van der Waals surface area (Å²) in [7, 11) is 0. The van der Waals surface area contributed by atoms with Crippen LogP contribution in [0.4, 0.5) is 11.4 Å². The molecule has 0 saturated carbocycles. The molecule has 7 heteroatoms. The van der Waals surface area contributed by atoms with Crippen molar-refractivity contribution in [2.75, 3.05) is 0 Å². The van der Waals surface area contributed by atoms with Gasteiger partial charge in [0.25, 0.3) is 0 Å². The van der Waals surface area contributed by atoms with Crippen LogP contribution in [0.25, 0.3) is 33.0 Å². The second kappa shape index (κ2) is 11.3. The number of nitrogens with zero attached hydrogens (tertiary/aromatic N) is 6. The smallest absolute Gasteiger partial charge is 0.178 e. The third-order valence-electron chi connectivity index (χ3n) is 3.43. The summed E-state index contributed by atoms with van der Waals surface area (Å²) in [6, 6.07) is 14.1. The second-order valence-electron chi connectivity index (χ2n) is 5.40. The molecule has 0 atom stereocenters. The first kappa shape index (κ1) is 20.0. The number of hydrogen-bond donors (Lipinski definition) is 0. The van der Waals surface area contributed by atoms with Crippen LogP contribution < -0.4 is 0 Å².